The maximum atomic E-state index is 4.43. The van der Waals surface area contributed by atoms with Crippen molar-refractivity contribution in [3.63, 3.8) is 0 Å². The largest absolute Gasteiger partial charge is 0.275 e. The van der Waals surface area contributed by atoms with E-state index in [-0.39, 0.29) is 0 Å². The lowest BCUT2D eigenvalue weighted by Gasteiger charge is -2.04. The smallest absolute Gasteiger partial charge is 0.111 e. The standard InChI is InChI=1S/2C12H15N3.2C2H6/c1-9(2)10-4-5-12(13-6-10)11-7-14-15(3)8-11;1-9(2)10-4-5-11(13-8-10)12-6-7-15(3)14-12;2*1-2/h2*4-9H,1-3H3;2*1-2H3. The third-order valence-corrected chi connectivity index (χ3v) is 4.88. The first-order valence-corrected chi connectivity index (χ1v) is 12.2. The minimum Gasteiger partial charge on any atom is -0.275 e. The van der Waals surface area contributed by atoms with E-state index in [0.717, 1.165) is 22.6 Å². The highest BCUT2D eigenvalue weighted by Crippen LogP contribution is 2.19. The van der Waals surface area contributed by atoms with Gasteiger partial charge in [0.2, 0.25) is 0 Å². The molecule has 34 heavy (non-hydrogen) atoms. The number of hydrogen-bond donors (Lipinski definition) is 0. The monoisotopic (exact) mass is 462 g/mol. The molecule has 6 nitrogen and oxygen atoms in total. The van der Waals surface area contributed by atoms with Gasteiger partial charge in [-0.05, 0) is 41.2 Å². The average Bonchev–Trinajstić information content (AvgIpc) is 3.50. The third kappa shape index (κ3) is 8.58. The van der Waals surface area contributed by atoms with Gasteiger partial charge in [0.25, 0.3) is 0 Å². The molecule has 0 atom stereocenters. The van der Waals surface area contributed by atoms with Gasteiger partial charge in [-0.2, -0.15) is 10.2 Å². The fourth-order valence-electron chi connectivity index (χ4n) is 2.92. The molecule has 0 aromatic carbocycles. The number of aromatic nitrogens is 6. The first-order valence-electron chi connectivity index (χ1n) is 12.2. The predicted molar refractivity (Wildman–Crippen MR) is 144 cm³/mol. The van der Waals surface area contributed by atoms with E-state index in [9.17, 15) is 0 Å². The summed E-state index contributed by atoms with van der Waals surface area (Å²) in [5.41, 5.74) is 6.42. The first-order chi connectivity index (χ1) is 16.3. The van der Waals surface area contributed by atoms with Gasteiger partial charge in [0.15, 0.2) is 0 Å². The van der Waals surface area contributed by atoms with Crippen molar-refractivity contribution in [2.45, 2.75) is 67.2 Å². The van der Waals surface area contributed by atoms with Crippen molar-refractivity contribution in [3.8, 4) is 22.6 Å². The van der Waals surface area contributed by atoms with Crippen LogP contribution in [0.4, 0.5) is 0 Å². The van der Waals surface area contributed by atoms with Crippen molar-refractivity contribution in [1.29, 1.82) is 0 Å². The zero-order valence-corrected chi connectivity index (χ0v) is 22.6. The second kappa shape index (κ2) is 14.8. The molecule has 0 unspecified atom stereocenters. The minimum absolute atomic E-state index is 0.523. The van der Waals surface area contributed by atoms with Crippen LogP contribution in [0.5, 0.6) is 0 Å². The van der Waals surface area contributed by atoms with Gasteiger partial charge >= 0.3 is 0 Å². The number of nitrogens with zero attached hydrogens (tertiary/aromatic N) is 6. The van der Waals surface area contributed by atoms with Gasteiger partial charge in [0.1, 0.15) is 5.69 Å². The Labute approximate surface area is 206 Å². The SMILES string of the molecule is CC.CC.CC(C)c1ccc(-c2ccn(C)n2)nc1.CC(C)c1ccc(-c2cnn(C)c2)nc1. The maximum Gasteiger partial charge on any atom is 0.111 e. The fraction of sp³-hybridized carbons (Fsp3) is 0.429. The fourth-order valence-corrected chi connectivity index (χ4v) is 2.92. The van der Waals surface area contributed by atoms with Crippen molar-refractivity contribution < 1.29 is 0 Å². The van der Waals surface area contributed by atoms with Crippen LogP contribution in [0.2, 0.25) is 0 Å². The number of rotatable bonds is 4. The lowest BCUT2D eigenvalue weighted by Crippen LogP contribution is -1.92. The second-order valence-electron chi connectivity index (χ2n) is 8.04. The van der Waals surface area contributed by atoms with E-state index in [1.165, 1.54) is 11.1 Å². The molecule has 0 aliphatic rings. The summed E-state index contributed by atoms with van der Waals surface area (Å²) in [7, 11) is 3.82. The molecule has 184 valence electrons. The molecule has 0 aliphatic heterocycles. The third-order valence-electron chi connectivity index (χ3n) is 4.88. The Hall–Kier alpha value is -3.28. The summed E-state index contributed by atoms with van der Waals surface area (Å²) in [6.45, 7) is 16.7. The van der Waals surface area contributed by atoms with Crippen LogP contribution in [0.1, 0.15) is 78.4 Å². The van der Waals surface area contributed by atoms with Gasteiger partial charge in [-0.1, -0.05) is 67.5 Å². The molecule has 0 amide bonds. The molecular formula is C28H42N6. The van der Waals surface area contributed by atoms with Crippen LogP contribution in [-0.2, 0) is 14.1 Å². The van der Waals surface area contributed by atoms with Crippen LogP contribution >= 0.6 is 0 Å². The van der Waals surface area contributed by atoms with E-state index in [1.54, 1.807) is 9.36 Å². The summed E-state index contributed by atoms with van der Waals surface area (Å²) in [4.78, 5) is 8.84. The molecule has 0 fully saturated rings. The van der Waals surface area contributed by atoms with Crippen LogP contribution in [0, 0.1) is 0 Å². The number of aryl methyl sites for hydroxylation is 2. The second-order valence-corrected chi connectivity index (χ2v) is 8.04. The van der Waals surface area contributed by atoms with Crippen molar-refractivity contribution >= 4 is 0 Å². The lowest BCUT2D eigenvalue weighted by atomic mass is 10.1. The van der Waals surface area contributed by atoms with Gasteiger partial charge in [0.05, 0.1) is 17.6 Å². The molecule has 4 aromatic rings. The van der Waals surface area contributed by atoms with E-state index in [0.29, 0.717) is 11.8 Å². The molecule has 4 aromatic heterocycles. The van der Waals surface area contributed by atoms with Crippen LogP contribution in [-0.4, -0.2) is 29.5 Å². The molecule has 4 rings (SSSR count). The lowest BCUT2D eigenvalue weighted by molar-refractivity contribution is 0.768. The summed E-state index contributed by atoms with van der Waals surface area (Å²) in [5.74, 6) is 1.05. The van der Waals surface area contributed by atoms with E-state index >= 15 is 0 Å². The van der Waals surface area contributed by atoms with Crippen LogP contribution in [0.15, 0.2) is 61.3 Å². The van der Waals surface area contributed by atoms with Crippen molar-refractivity contribution in [2.24, 2.45) is 14.1 Å². The van der Waals surface area contributed by atoms with Gasteiger partial charge in [-0.3, -0.25) is 19.3 Å². The zero-order valence-electron chi connectivity index (χ0n) is 22.6. The summed E-state index contributed by atoms with van der Waals surface area (Å²) in [6.07, 6.45) is 9.59. The van der Waals surface area contributed by atoms with Crippen LogP contribution < -0.4 is 0 Å². The Morgan fingerprint density at radius 3 is 1.50 bits per heavy atom. The van der Waals surface area contributed by atoms with E-state index in [2.05, 4.69) is 60.0 Å². The molecule has 0 radical (unpaired) electrons. The average molecular weight is 463 g/mol. The quantitative estimate of drug-likeness (QED) is 0.320. The molecule has 0 saturated carbocycles. The molecule has 6 heteroatoms. The number of hydrogen-bond acceptors (Lipinski definition) is 4. The van der Waals surface area contributed by atoms with Crippen LogP contribution in [0.3, 0.4) is 0 Å². The van der Waals surface area contributed by atoms with E-state index < -0.39 is 0 Å². The molecule has 0 saturated heterocycles. The molecule has 0 aliphatic carbocycles. The number of pyridine rings is 2. The highest BCUT2D eigenvalue weighted by molar-refractivity contribution is 5.56. The molecule has 0 N–H and O–H groups in total. The Balaban J connectivity index is 0.000000297. The maximum absolute atomic E-state index is 4.43. The van der Waals surface area contributed by atoms with Gasteiger partial charge in [0, 0.05) is 44.4 Å². The topological polar surface area (TPSA) is 61.4 Å². The zero-order chi connectivity index (χ0) is 25.7. The molecule has 0 bridgehead atoms. The van der Waals surface area contributed by atoms with Crippen LogP contribution in [0.25, 0.3) is 22.6 Å². The summed E-state index contributed by atoms with van der Waals surface area (Å²) in [5, 5.41) is 8.44. The van der Waals surface area contributed by atoms with E-state index in [1.807, 2.05) is 91.0 Å². The molecular weight excluding hydrogens is 420 g/mol. The normalized spacial score (nSPS) is 10.0. The van der Waals surface area contributed by atoms with Crippen molar-refractivity contribution in [3.05, 3.63) is 72.4 Å². The highest BCUT2D eigenvalue weighted by Gasteiger charge is 2.05. The minimum atomic E-state index is 0.523. The van der Waals surface area contributed by atoms with Gasteiger partial charge < -0.3 is 0 Å². The molecule has 0 spiro atoms. The Kier molecular flexibility index (Phi) is 12.5. The predicted octanol–water partition coefficient (Wildman–Crippen LogP) is 7.26. The Morgan fingerprint density at radius 2 is 1.15 bits per heavy atom. The van der Waals surface area contributed by atoms with Crippen molar-refractivity contribution in [2.75, 3.05) is 0 Å². The van der Waals surface area contributed by atoms with Gasteiger partial charge in [-0.15, -0.1) is 0 Å². The Bertz CT molecular complexity index is 969. The Morgan fingerprint density at radius 1 is 0.618 bits per heavy atom. The van der Waals surface area contributed by atoms with E-state index in [4.69, 9.17) is 0 Å². The summed E-state index contributed by atoms with van der Waals surface area (Å²) < 4.78 is 3.57. The summed E-state index contributed by atoms with van der Waals surface area (Å²) >= 11 is 0. The van der Waals surface area contributed by atoms with Gasteiger partial charge in [-0.25, -0.2) is 0 Å². The summed E-state index contributed by atoms with van der Waals surface area (Å²) in [6, 6.07) is 10.3. The molecule has 4 heterocycles. The van der Waals surface area contributed by atoms with Crippen molar-refractivity contribution in [1.82, 2.24) is 29.5 Å². The highest BCUT2D eigenvalue weighted by atomic mass is 15.3. The first kappa shape index (κ1) is 28.8.